The van der Waals surface area contributed by atoms with Crippen molar-refractivity contribution in [1.82, 2.24) is 5.32 Å². The third-order valence-electron chi connectivity index (χ3n) is 4.03. The van der Waals surface area contributed by atoms with E-state index in [-0.39, 0.29) is 12.5 Å². The highest BCUT2D eigenvalue weighted by Crippen LogP contribution is 2.29. The average Bonchev–Trinajstić information content (AvgIpc) is 2.37. The molecule has 0 spiro atoms. The molecule has 2 atom stereocenters. The van der Waals surface area contributed by atoms with E-state index in [1.165, 1.54) is 38.5 Å². The van der Waals surface area contributed by atoms with Crippen LogP contribution in [0.4, 0.5) is 13.2 Å². The third-order valence-corrected chi connectivity index (χ3v) is 4.03. The number of hydrogen-bond acceptors (Lipinski definition) is 1. The normalized spacial score (nSPS) is 24.6. The molecule has 0 unspecified atom stereocenters. The first-order valence-corrected chi connectivity index (χ1v) is 7.86. The fourth-order valence-electron chi connectivity index (χ4n) is 2.85. The summed E-state index contributed by atoms with van der Waals surface area (Å²) in [7, 11) is 0. The van der Waals surface area contributed by atoms with Gasteiger partial charge in [0.05, 0.1) is 0 Å². The van der Waals surface area contributed by atoms with Crippen LogP contribution in [-0.4, -0.2) is 18.3 Å². The van der Waals surface area contributed by atoms with E-state index < -0.39 is 12.2 Å². The molecule has 1 rings (SSSR count). The lowest BCUT2D eigenvalue weighted by Gasteiger charge is -2.32. The summed E-state index contributed by atoms with van der Waals surface area (Å²) in [4.78, 5) is 0. The molecule has 1 nitrogen and oxygen atoms in total. The van der Waals surface area contributed by atoms with E-state index in [2.05, 4.69) is 12.2 Å². The molecule has 0 aromatic rings. The van der Waals surface area contributed by atoms with Crippen LogP contribution in [0.1, 0.15) is 77.6 Å². The number of piperidine rings is 1. The van der Waals surface area contributed by atoms with Crippen LogP contribution in [0.5, 0.6) is 0 Å². The molecule has 0 bridgehead atoms. The number of unbranched alkanes of at least 4 members (excludes halogenated alkanes) is 6. The summed E-state index contributed by atoms with van der Waals surface area (Å²) in [6.07, 6.45) is 7.28. The Bertz CT molecular complexity index is 228. The van der Waals surface area contributed by atoms with E-state index >= 15 is 0 Å². The van der Waals surface area contributed by atoms with Crippen molar-refractivity contribution in [3.63, 3.8) is 0 Å². The summed E-state index contributed by atoms with van der Waals surface area (Å²) < 4.78 is 37.8. The molecular formula is C15H28F3N. The minimum atomic E-state index is -4.07. The van der Waals surface area contributed by atoms with E-state index in [0.717, 1.165) is 19.3 Å². The van der Waals surface area contributed by atoms with Crippen molar-refractivity contribution < 1.29 is 13.2 Å². The molecule has 0 saturated carbocycles. The van der Waals surface area contributed by atoms with Gasteiger partial charge in [-0.25, -0.2) is 0 Å². The highest BCUT2D eigenvalue weighted by Gasteiger charge is 2.41. The van der Waals surface area contributed by atoms with Crippen LogP contribution < -0.4 is 5.32 Å². The second kappa shape index (κ2) is 8.83. The number of rotatable bonds is 8. The minimum Gasteiger partial charge on any atom is -0.303 e. The zero-order chi connectivity index (χ0) is 14.1. The van der Waals surface area contributed by atoms with Gasteiger partial charge in [-0.3, -0.25) is 0 Å². The zero-order valence-corrected chi connectivity index (χ0v) is 12.1. The van der Waals surface area contributed by atoms with Crippen molar-refractivity contribution in [1.29, 1.82) is 0 Å². The van der Waals surface area contributed by atoms with Crippen molar-refractivity contribution in [2.24, 2.45) is 0 Å². The largest absolute Gasteiger partial charge is 0.403 e. The van der Waals surface area contributed by atoms with Crippen LogP contribution in [0.25, 0.3) is 0 Å². The molecule has 1 aliphatic heterocycles. The average molecular weight is 279 g/mol. The van der Waals surface area contributed by atoms with Crippen molar-refractivity contribution in [2.75, 3.05) is 0 Å². The number of hydrogen-bond donors (Lipinski definition) is 1. The summed E-state index contributed by atoms with van der Waals surface area (Å²) in [6, 6.07) is -1.19. The van der Waals surface area contributed by atoms with Crippen LogP contribution in [0.2, 0.25) is 0 Å². The number of alkyl halides is 3. The van der Waals surface area contributed by atoms with Crippen LogP contribution >= 0.6 is 0 Å². The van der Waals surface area contributed by atoms with Gasteiger partial charge in [0.1, 0.15) is 6.04 Å². The minimum absolute atomic E-state index is 0.0796. The predicted molar refractivity (Wildman–Crippen MR) is 73.2 cm³/mol. The maximum absolute atomic E-state index is 12.6. The zero-order valence-electron chi connectivity index (χ0n) is 12.1. The van der Waals surface area contributed by atoms with Crippen molar-refractivity contribution in [3.05, 3.63) is 0 Å². The van der Waals surface area contributed by atoms with Crippen molar-refractivity contribution >= 4 is 0 Å². The molecule has 0 aliphatic carbocycles. The van der Waals surface area contributed by atoms with Gasteiger partial charge in [0, 0.05) is 6.04 Å². The Balaban J connectivity index is 2.06. The molecule has 1 saturated heterocycles. The summed E-state index contributed by atoms with van der Waals surface area (Å²) in [5, 5.41) is 2.78. The lowest BCUT2D eigenvalue weighted by Crippen LogP contribution is -2.50. The Hall–Kier alpha value is -0.250. The quantitative estimate of drug-likeness (QED) is 0.602. The van der Waals surface area contributed by atoms with Gasteiger partial charge in [-0.2, -0.15) is 13.2 Å². The molecule has 1 aliphatic rings. The predicted octanol–water partition coefficient (Wildman–Crippen LogP) is 5.20. The second-order valence-electron chi connectivity index (χ2n) is 5.80. The van der Waals surface area contributed by atoms with Gasteiger partial charge in [-0.05, 0) is 19.3 Å². The maximum atomic E-state index is 12.6. The SMILES string of the molecule is CCCCCCCCC[C@H]1CCC[C@@H](C(F)(F)F)N1. The molecule has 1 N–H and O–H groups in total. The fourth-order valence-corrected chi connectivity index (χ4v) is 2.85. The monoisotopic (exact) mass is 279 g/mol. The Morgan fingerprint density at radius 3 is 2.21 bits per heavy atom. The number of nitrogens with one attached hydrogen (secondary N) is 1. The topological polar surface area (TPSA) is 12.0 Å². The standard InChI is InChI=1S/C15H28F3N/c1-2-3-4-5-6-7-8-10-13-11-9-12-14(19-13)15(16,17)18/h13-14,19H,2-12H2,1H3/t13-,14-/m0/s1. The Labute approximate surface area is 115 Å². The van der Waals surface area contributed by atoms with Crippen LogP contribution in [-0.2, 0) is 0 Å². The second-order valence-corrected chi connectivity index (χ2v) is 5.80. The summed E-state index contributed by atoms with van der Waals surface area (Å²) in [6.45, 7) is 2.20. The van der Waals surface area contributed by atoms with Gasteiger partial charge in [0.25, 0.3) is 0 Å². The Kier molecular flexibility index (Phi) is 7.81. The highest BCUT2D eigenvalue weighted by atomic mass is 19.4. The van der Waals surface area contributed by atoms with Gasteiger partial charge in [-0.1, -0.05) is 58.3 Å². The van der Waals surface area contributed by atoms with Gasteiger partial charge in [-0.15, -0.1) is 0 Å². The van der Waals surface area contributed by atoms with E-state index in [0.29, 0.717) is 6.42 Å². The lowest BCUT2D eigenvalue weighted by molar-refractivity contribution is -0.163. The molecule has 1 fully saturated rings. The molecular weight excluding hydrogens is 251 g/mol. The lowest BCUT2D eigenvalue weighted by atomic mass is 9.94. The van der Waals surface area contributed by atoms with Gasteiger partial charge in [0.15, 0.2) is 0 Å². The maximum Gasteiger partial charge on any atom is 0.403 e. The molecule has 0 radical (unpaired) electrons. The van der Waals surface area contributed by atoms with E-state index in [4.69, 9.17) is 0 Å². The van der Waals surface area contributed by atoms with Crippen molar-refractivity contribution in [2.45, 2.75) is 95.8 Å². The van der Waals surface area contributed by atoms with E-state index in [1.807, 2.05) is 0 Å². The molecule has 19 heavy (non-hydrogen) atoms. The Morgan fingerprint density at radius 1 is 0.947 bits per heavy atom. The Morgan fingerprint density at radius 2 is 1.58 bits per heavy atom. The first-order chi connectivity index (χ1) is 9.04. The van der Waals surface area contributed by atoms with Crippen LogP contribution in [0.15, 0.2) is 0 Å². The van der Waals surface area contributed by atoms with E-state index in [9.17, 15) is 13.2 Å². The van der Waals surface area contributed by atoms with Gasteiger partial charge < -0.3 is 5.32 Å². The molecule has 0 amide bonds. The molecule has 1 heterocycles. The number of halogens is 3. The van der Waals surface area contributed by atoms with E-state index in [1.54, 1.807) is 0 Å². The summed E-state index contributed by atoms with van der Waals surface area (Å²) in [5.41, 5.74) is 0. The van der Waals surface area contributed by atoms with Crippen LogP contribution in [0.3, 0.4) is 0 Å². The first kappa shape index (κ1) is 16.8. The first-order valence-electron chi connectivity index (χ1n) is 7.86. The molecule has 0 aromatic carbocycles. The third kappa shape index (κ3) is 7.19. The fraction of sp³-hybridized carbons (Fsp3) is 1.00. The smallest absolute Gasteiger partial charge is 0.303 e. The molecule has 114 valence electrons. The highest BCUT2D eigenvalue weighted by molar-refractivity contribution is 4.84. The van der Waals surface area contributed by atoms with Gasteiger partial charge in [0.2, 0.25) is 0 Å². The molecule has 0 aromatic heterocycles. The molecule has 4 heteroatoms. The summed E-state index contributed by atoms with van der Waals surface area (Å²) in [5.74, 6) is 0. The summed E-state index contributed by atoms with van der Waals surface area (Å²) >= 11 is 0. The van der Waals surface area contributed by atoms with Crippen LogP contribution in [0, 0.1) is 0 Å². The van der Waals surface area contributed by atoms with Crippen molar-refractivity contribution in [3.8, 4) is 0 Å². The van der Waals surface area contributed by atoms with Gasteiger partial charge >= 0.3 is 6.18 Å².